The number of esters is 2. The first-order chi connectivity index (χ1) is 13.0. The van der Waals surface area contributed by atoms with Crippen LogP contribution in [0.2, 0.25) is 0 Å². The van der Waals surface area contributed by atoms with Crippen LogP contribution in [-0.2, 0) is 23.9 Å². The van der Waals surface area contributed by atoms with Gasteiger partial charge in [0.15, 0.2) is 0 Å². The molecule has 4 bridgehead atoms. The molecule has 2 saturated heterocycles. The van der Waals surface area contributed by atoms with Crippen LogP contribution in [0.25, 0.3) is 0 Å². The smallest absolute Gasteiger partial charge is 0.312 e. The fourth-order valence-corrected chi connectivity index (χ4v) is 5.88. The summed E-state index contributed by atoms with van der Waals surface area (Å²) in [5.74, 6) is -2.08. The van der Waals surface area contributed by atoms with Crippen LogP contribution >= 0.6 is 0 Å². The Morgan fingerprint density at radius 3 is 2.21 bits per heavy atom. The minimum atomic E-state index is -1.06. The topological polar surface area (TPSA) is 89.9 Å². The Morgan fingerprint density at radius 1 is 1.07 bits per heavy atom. The molecule has 0 amide bonds. The molecule has 4 aliphatic rings. The Balaban J connectivity index is 1.96. The highest BCUT2D eigenvalue weighted by Gasteiger charge is 2.64. The van der Waals surface area contributed by atoms with E-state index in [1.54, 1.807) is 0 Å². The number of fused-ring (bicyclic) bond motifs is 1. The van der Waals surface area contributed by atoms with E-state index in [0.717, 1.165) is 0 Å². The van der Waals surface area contributed by atoms with E-state index < -0.39 is 34.4 Å². The van der Waals surface area contributed by atoms with Gasteiger partial charge >= 0.3 is 17.9 Å². The zero-order valence-corrected chi connectivity index (χ0v) is 18.9. The lowest BCUT2D eigenvalue weighted by atomic mass is 9.56. The second kappa shape index (κ2) is 6.45. The molecule has 0 aromatic rings. The first kappa shape index (κ1) is 22.1. The minimum absolute atomic E-state index is 0.0826. The minimum Gasteiger partial charge on any atom is -0.481 e. The molecule has 0 spiro atoms. The molecule has 0 aromatic heterocycles. The Hall–Kier alpha value is -1.59. The highest BCUT2D eigenvalue weighted by molar-refractivity contribution is 5.82. The third kappa shape index (κ3) is 3.79. The van der Waals surface area contributed by atoms with E-state index in [1.807, 2.05) is 27.7 Å². The average Bonchev–Trinajstić information content (AvgIpc) is 2.65. The number of carbonyl (C=O) groups is 3. The van der Waals surface area contributed by atoms with Gasteiger partial charge in [-0.1, -0.05) is 41.5 Å². The summed E-state index contributed by atoms with van der Waals surface area (Å²) in [7, 11) is 0. The molecule has 4 rings (SSSR count). The van der Waals surface area contributed by atoms with Gasteiger partial charge in [0.1, 0.15) is 11.7 Å². The summed E-state index contributed by atoms with van der Waals surface area (Å²) in [4.78, 5) is 38.3. The van der Waals surface area contributed by atoms with Crippen molar-refractivity contribution < 1.29 is 29.0 Å². The molecule has 2 aliphatic carbocycles. The molecule has 0 aromatic carbocycles. The third-order valence-electron chi connectivity index (χ3n) is 7.50. The van der Waals surface area contributed by atoms with Crippen LogP contribution in [-0.4, -0.2) is 34.7 Å². The van der Waals surface area contributed by atoms with Crippen molar-refractivity contribution in [3.05, 3.63) is 0 Å². The molecule has 6 nitrogen and oxygen atoms in total. The van der Waals surface area contributed by atoms with Crippen molar-refractivity contribution in [2.45, 2.75) is 98.7 Å². The molecule has 2 aliphatic heterocycles. The zero-order chi connectivity index (χ0) is 22.0. The van der Waals surface area contributed by atoms with Crippen molar-refractivity contribution >= 4 is 17.9 Å². The predicted molar refractivity (Wildman–Crippen MR) is 107 cm³/mol. The summed E-state index contributed by atoms with van der Waals surface area (Å²) in [5, 5.41) is 9.97. The molecule has 4 fully saturated rings. The fourth-order valence-electron chi connectivity index (χ4n) is 5.88. The highest BCUT2D eigenvalue weighted by Crippen LogP contribution is 2.59. The van der Waals surface area contributed by atoms with Gasteiger partial charge in [-0.3, -0.25) is 14.4 Å². The standard InChI is InChI=1S/C23H36O6/c1-19(2,3)12-21(7,20(4,5)6)18(27)29-23-9-14-8-22(13-23,17(25)26)10-15(11-23)28-16(14)24/h14-15H,8-13H2,1-7H3,(H,25,26). The Bertz CT molecular complexity index is 729. The number of aliphatic carboxylic acids is 1. The summed E-state index contributed by atoms with van der Waals surface area (Å²) in [6.07, 6.45) is 1.74. The Kier molecular flexibility index (Phi) is 4.92. The van der Waals surface area contributed by atoms with E-state index >= 15 is 0 Å². The number of ether oxygens (including phenoxy) is 2. The fraction of sp³-hybridized carbons (Fsp3) is 0.870. The van der Waals surface area contributed by atoms with Crippen LogP contribution in [0.4, 0.5) is 0 Å². The molecule has 5 unspecified atom stereocenters. The third-order valence-corrected chi connectivity index (χ3v) is 7.50. The van der Waals surface area contributed by atoms with E-state index in [9.17, 15) is 19.5 Å². The largest absolute Gasteiger partial charge is 0.481 e. The van der Waals surface area contributed by atoms with Gasteiger partial charge in [0, 0.05) is 25.7 Å². The summed E-state index contributed by atoms with van der Waals surface area (Å²) >= 11 is 0. The van der Waals surface area contributed by atoms with Crippen LogP contribution in [0.1, 0.15) is 87.0 Å². The zero-order valence-electron chi connectivity index (χ0n) is 18.9. The van der Waals surface area contributed by atoms with Crippen LogP contribution in [0.15, 0.2) is 0 Å². The maximum atomic E-state index is 13.6. The lowest BCUT2D eigenvalue weighted by Crippen LogP contribution is -2.57. The number of hydrogen-bond acceptors (Lipinski definition) is 5. The van der Waals surface area contributed by atoms with Gasteiger partial charge < -0.3 is 14.6 Å². The highest BCUT2D eigenvalue weighted by atomic mass is 16.6. The summed E-state index contributed by atoms with van der Waals surface area (Å²) in [5.41, 5.74) is -3.17. The van der Waals surface area contributed by atoms with Gasteiger partial charge in [-0.25, -0.2) is 0 Å². The lowest BCUT2D eigenvalue weighted by molar-refractivity contribution is -0.205. The van der Waals surface area contributed by atoms with Gasteiger partial charge in [0.2, 0.25) is 0 Å². The molecule has 1 N–H and O–H groups in total. The van der Waals surface area contributed by atoms with Gasteiger partial charge in [-0.2, -0.15) is 0 Å². The molecular weight excluding hydrogens is 372 g/mol. The van der Waals surface area contributed by atoms with Crippen molar-refractivity contribution in [2.24, 2.45) is 27.6 Å². The van der Waals surface area contributed by atoms with Crippen molar-refractivity contribution in [3.8, 4) is 0 Å². The van der Waals surface area contributed by atoms with Gasteiger partial charge in [0.25, 0.3) is 0 Å². The SMILES string of the molecule is CC(C)(C)CC(C)(C(=O)OC12CC3CC(C(=O)O)(CC(C1)C(=O)O3)C2)C(C)(C)C. The van der Waals surface area contributed by atoms with E-state index in [1.165, 1.54) is 0 Å². The number of carboxylic acid groups (broad SMARTS) is 1. The number of hydrogen-bond donors (Lipinski definition) is 1. The maximum Gasteiger partial charge on any atom is 0.312 e. The van der Waals surface area contributed by atoms with E-state index in [-0.39, 0.29) is 35.6 Å². The van der Waals surface area contributed by atoms with Crippen LogP contribution in [0.5, 0.6) is 0 Å². The molecule has 164 valence electrons. The Morgan fingerprint density at radius 2 is 1.69 bits per heavy atom. The number of carbonyl (C=O) groups excluding carboxylic acids is 2. The molecular formula is C23H36O6. The summed E-state index contributed by atoms with van der Waals surface area (Å²) < 4.78 is 11.8. The maximum absolute atomic E-state index is 13.6. The second-order valence-corrected chi connectivity index (χ2v) is 12.2. The van der Waals surface area contributed by atoms with E-state index in [4.69, 9.17) is 9.47 Å². The lowest BCUT2D eigenvalue weighted by Gasteiger charge is -2.52. The molecule has 0 radical (unpaired) electrons. The average molecular weight is 409 g/mol. The van der Waals surface area contributed by atoms with Crippen molar-refractivity contribution in [1.29, 1.82) is 0 Å². The molecule has 2 saturated carbocycles. The van der Waals surface area contributed by atoms with Crippen LogP contribution < -0.4 is 0 Å². The van der Waals surface area contributed by atoms with Gasteiger partial charge in [-0.05, 0) is 30.6 Å². The molecule has 2 heterocycles. The first-order valence-corrected chi connectivity index (χ1v) is 10.7. The predicted octanol–water partition coefficient (Wildman–Crippen LogP) is 4.35. The second-order valence-electron chi connectivity index (χ2n) is 12.2. The first-order valence-electron chi connectivity index (χ1n) is 10.7. The van der Waals surface area contributed by atoms with Crippen molar-refractivity contribution in [2.75, 3.05) is 0 Å². The van der Waals surface area contributed by atoms with Crippen LogP contribution in [0.3, 0.4) is 0 Å². The van der Waals surface area contributed by atoms with Gasteiger partial charge in [0.05, 0.1) is 16.7 Å². The molecule has 29 heavy (non-hydrogen) atoms. The number of carboxylic acids is 1. The normalized spacial score (nSPS) is 36.2. The quantitative estimate of drug-likeness (QED) is 0.696. The van der Waals surface area contributed by atoms with Crippen molar-refractivity contribution in [3.63, 3.8) is 0 Å². The van der Waals surface area contributed by atoms with E-state index in [0.29, 0.717) is 25.7 Å². The molecule has 6 heteroatoms. The Labute approximate surface area is 173 Å². The molecule has 5 atom stereocenters. The van der Waals surface area contributed by atoms with Gasteiger partial charge in [-0.15, -0.1) is 0 Å². The van der Waals surface area contributed by atoms with Crippen molar-refractivity contribution in [1.82, 2.24) is 0 Å². The summed E-state index contributed by atoms with van der Waals surface area (Å²) in [6.45, 7) is 14.4. The van der Waals surface area contributed by atoms with E-state index in [2.05, 4.69) is 20.8 Å². The van der Waals surface area contributed by atoms with Crippen LogP contribution in [0, 0.1) is 27.6 Å². The monoisotopic (exact) mass is 408 g/mol. The summed E-state index contributed by atoms with van der Waals surface area (Å²) in [6, 6.07) is 0. The number of rotatable bonds is 4.